The van der Waals surface area contributed by atoms with Crippen molar-refractivity contribution in [2.75, 3.05) is 0 Å². The summed E-state index contributed by atoms with van der Waals surface area (Å²) in [6.07, 6.45) is -2.95. The summed E-state index contributed by atoms with van der Waals surface area (Å²) in [5.41, 5.74) is -4.25. The minimum Gasteiger partial charge on any atom is -0.461 e. The second-order valence-corrected chi connectivity index (χ2v) is 10.9. The zero-order chi connectivity index (χ0) is 26.1. The molecule has 3 aliphatic heterocycles. The molecule has 35 heavy (non-hydrogen) atoms. The van der Waals surface area contributed by atoms with Crippen LogP contribution in [-0.2, 0) is 33.3 Å². The lowest BCUT2D eigenvalue weighted by molar-refractivity contribution is -0.286. The number of carbonyl (C=O) groups is 3. The molecular formula is C25H33ClO9. The molecule has 10 unspecified atom stereocenters. The van der Waals surface area contributed by atoms with E-state index in [1.165, 1.54) is 13.8 Å². The van der Waals surface area contributed by atoms with Gasteiger partial charge in [0.15, 0.2) is 17.3 Å². The number of hydrogen-bond donors (Lipinski definition) is 2. The molecular weight excluding hydrogens is 480 g/mol. The predicted molar refractivity (Wildman–Crippen MR) is 123 cm³/mol. The van der Waals surface area contributed by atoms with Crippen LogP contribution >= 0.6 is 11.6 Å². The van der Waals surface area contributed by atoms with Gasteiger partial charge in [-0.25, -0.2) is 4.79 Å². The number of hydrogen-bond acceptors (Lipinski definition) is 9. The van der Waals surface area contributed by atoms with Crippen molar-refractivity contribution in [2.45, 2.75) is 101 Å². The summed E-state index contributed by atoms with van der Waals surface area (Å²) < 4.78 is 23.5. The van der Waals surface area contributed by atoms with Gasteiger partial charge in [0.25, 0.3) is 0 Å². The number of alkyl halides is 1. The number of esters is 3. The standard InChI is InChI=1S/C25H33ClO9/c1-7-17(28)33-16-10-14-12(3)19(26)21-25(35-14,24(6,31)22(30)34-21)20(29)18-11(2)8-9-15(23(16,18)5)32-13(4)27/h8,14-16,18-21,29,31H,3,7,9-10H2,1-2,4-6H3. The summed E-state index contributed by atoms with van der Waals surface area (Å²) in [4.78, 5) is 37.4. The Morgan fingerprint density at radius 2 is 1.94 bits per heavy atom. The van der Waals surface area contributed by atoms with Crippen molar-refractivity contribution in [3.63, 3.8) is 0 Å². The number of ether oxygens (including phenoxy) is 4. The molecule has 0 radical (unpaired) electrons. The fourth-order valence-electron chi connectivity index (χ4n) is 6.47. The molecule has 4 rings (SSSR count). The SMILES string of the molecule is C=C1C2CC(OC(=O)CC)C3(C)C(OC(C)=O)CC=C(C)C3C(O)C3(O2)C(OC(=O)C3(C)O)C1Cl. The van der Waals surface area contributed by atoms with Gasteiger partial charge in [-0.1, -0.05) is 32.1 Å². The van der Waals surface area contributed by atoms with Gasteiger partial charge in [-0.2, -0.15) is 0 Å². The number of aliphatic hydroxyl groups is 2. The van der Waals surface area contributed by atoms with Gasteiger partial charge in [0.05, 0.1) is 23.0 Å². The van der Waals surface area contributed by atoms with Crippen molar-refractivity contribution < 1.29 is 43.5 Å². The maximum Gasteiger partial charge on any atom is 0.341 e. The quantitative estimate of drug-likeness (QED) is 0.252. The van der Waals surface area contributed by atoms with E-state index in [0.717, 1.165) is 0 Å². The number of aliphatic hydroxyl groups excluding tert-OH is 1. The number of fused-ring (bicyclic) bond motifs is 2. The van der Waals surface area contributed by atoms with E-state index in [2.05, 4.69) is 6.58 Å². The van der Waals surface area contributed by atoms with Crippen LogP contribution in [0.4, 0.5) is 0 Å². The van der Waals surface area contributed by atoms with E-state index < -0.39 is 76.3 Å². The second kappa shape index (κ2) is 8.57. The van der Waals surface area contributed by atoms with Crippen LogP contribution in [0.25, 0.3) is 0 Å². The lowest BCUT2D eigenvalue weighted by atomic mass is 9.54. The first-order valence-electron chi connectivity index (χ1n) is 11.9. The van der Waals surface area contributed by atoms with Gasteiger partial charge in [-0.05, 0) is 19.4 Å². The molecule has 0 saturated carbocycles. The smallest absolute Gasteiger partial charge is 0.341 e. The molecule has 0 aromatic rings. The molecule has 3 fully saturated rings. The minimum absolute atomic E-state index is 0.0668. The Bertz CT molecular complexity index is 989. The van der Waals surface area contributed by atoms with Crippen molar-refractivity contribution in [3.8, 4) is 0 Å². The van der Waals surface area contributed by atoms with Crippen LogP contribution in [0.3, 0.4) is 0 Å². The molecule has 194 valence electrons. The molecule has 10 atom stereocenters. The van der Waals surface area contributed by atoms with Crippen LogP contribution in [0.2, 0.25) is 0 Å². The van der Waals surface area contributed by atoms with E-state index in [1.807, 2.05) is 6.08 Å². The van der Waals surface area contributed by atoms with E-state index in [0.29, 0.717) is 17.6 Å². The van der Waals surface area contributed by atoms with Gasteiger partial charge >= 0.3 is 17.9 Å². The number of halogens is 1. The van der Waals surface area contributed by atoms with Gasteiger partial charge in [0.2, 0.25) is 0 Å². The maximum atomic E-state index is 12.8. The summed E-state index contributed by atoms with van der Waals surface area (Å²) in [7, 11) is 0. The molecule has 10 heteroatoms. The van der Waals surface area contributed by atoms with Crippen LogP contribution in [0.15, 0.2) is 23.8 Å². The van der Waals surface area contributed by atoms with Crippen LogP contribution in [0.1, 0.15) is 53.9 Å². The normalized spacial score (nSPS) is 46.9. The zero-order valence-electron chi connectivity index (χ0n) is 20.6. The van der Waals surface area contributed by atoms with Crippen molar-refractivity contribution in [3.05, 3.63) is 23.8 Å². The van der Waals surface area contributed by atoms with Crippen molar-refractivity contribution >= 4 is 29.5 Å². The van der Waals surface area contributed by atoms with Crippen molar-refractivity contribution in [1.29, 1.82) is 0 Å². The third-order valence-corrected chi connectivity index (χ3v) is 8.95. The minimum atomic E-state index is -2.24. The summed E-state index contributed by atoms with van der Waals surface area (Å²) >= 11 is 6.70. The first-order valence-corrected chi connectivity index (χ1v) is 12.3. The van der Waals surface area contributed by atoms with Crippen LogP contribution in [0.5, 0.6) is 0 Å². The van der Waals surface area contributed by atoms with E-state index >= 15 is 0 Å². The zero-order valence-corrected chi connectivity index (χ0v) is 21.3. The Morgan fingerprint density at radius 3 is 2.54 bits per heavy atom. The van der Waals surface area contributed by atoms with Gasteiger partial charge in [0.1, 0.15) is 12.2 Å². The third-order valence-electron chi connectivity index (χ3n) is 8.44. The maximum absolute atomic E-state index is 12.8. The van der Waals surface area contributed by atoms with Crippen molar-refractivity contribution in [2.24, 2.45) is 11.3 Å². The molecule has 9 nitrogen and oxygen atoms in total. The molecule has 2 N–H and O–H groups in total. The van der Waals surface area contributed by atoms with Crippen LogP contribution in [-0.4, -0.2) is 75.2 Å². The molecule has 0 amide bonds. The Balaban J connectivity index is 1.97. The average Bonchev–Trinajstić information content (AvgIpc) is 2.98. The highest BCUT2D eigenvalue weighted by Gasteiger charge is 2.77. The molecule has 3 heterocycles. The molecule has 4 aliphatic rings. The highest BCUT2D eigenvalue weighted by molar-refractivity contribution is 6.23. The fraction of sp³-hybridized carbons (Fsp3) is 0.720. The van der Waals surface area contributed by atoms with E-state index in [-0.39, 0.29) is 12.8 Å². The van der Waals surface area contributed by atoms with E-state index in [1.54, 1.807) is 20.8 Å². The molecule has 2 bridgehead atoms. The highest BCUT2D eigenvalue weighted by Crippen LogP contribution is 2.60. The second-order valence-electron chi connectivity index (χ2n) is 10.4. The van der Waals surface area contributed by atoms with Gasteiger partial charge in [0, 0.05) is 32.1 Å². The molecule has 0 aromatic heterocycles. The first-order chi connectivity index (χ1) is 16.2. The molecule has 1 spiro atoms. The van der Waals surface area contributed by atoms with E-state index in [4.69, 9.17) is 30.5 Å². The van der Waals surface area contributed by atoms with Crippen molar-refractivity contribution in [1.82, 2.24) is 0 Å². The Kier molecular flexibility index (Phi) is 6.40. The molecule has 3 saturated heterocycles. The topological polar surface area (TPSA) is 129 Å². The van der Waals surface area contributed by atoms with Gasteiger partial charge in [-0.15, -0.1) is 11.6 Å². The first kappa shape index (κ1) is 26.1. The van der Waals surface area contributed by atoms with Crippen LogP contribution < -0.4 is 0 Å². The Labute approximate surface area is 209 Å². The molecule has 1 aliphatic carbocycles. The van der Waals surface area contributed by atoms with Crippen LogP contribution in [0, 0.1) is 11.3 Å². The highest BCUT2D eigenvalue weighted by atomic mass is 35.5. The fourth-order valence-corrected chi connectivity index (χ4v) is 6.85. The molecule has 0 aromatic carbocycles. The van der Waals surface area contributed by atoms with E-state index in [9.17, 15) is 24.6 Å². The monoisotopic (exact) mass is 512 g/mol. The Morgan fingerprint density at radius 1 is 1.29 bits per heavy atom. The lowest BCUT2D eigenvalue weighted by Crippen LogP contribution is -2.75. The summed E-state index contributed by atoms with van der Waals surface area (Å²) in [5, 5.41) is 22.6. The third kappa shape index (κ3) is 3.49. The predicted octanol–water partition coefficient (Wildman–Crippen LogP) is 1.95. The Hall–Kier alpha value is -1.94. The summed E-state index contributed by atoms with van der Waals surface area (Å²) in [6.45, 7) is 11.8. The number of rotatable bonds is 3. The van der Waals surface area contributed by atoms with Gasteiger partial charge < -0.3 is 29.2 Å². The summed E-state index contributed by atoms with van der Waals surface area (Å²) in [6, 6.07) is 0. The average molecular weight is 513 g/mol. The van der Waals surface area contributed by atoms with Gasteiger partial charge in [-0.3, -0.25) is 9.59 Å². The summed E-state index contributed by atoms with van der Waals surface area (Å²) in [5.74, 6) is -2.81. The largest absolute Gasteiger partial charge is 0.461 e. The lowest BCUT2D eigenvalue weighted by Gasteiger charge is -2.60. The number of carbonyl (C=O) groups excluding carboxylic acids is 3.